The van der Waals surface area contributed by atoms with E-state index in [1.165, 1.54) is 44.1 Å². The van der Waals surface area contributed by atoms with Crippen molar-refractivity contribution in [3.05, 3.63) is 153 Å². The molecule has 0 bridgehead atoms. The Morgan fingerprint density at radius 1 is 0.356 bits per heavy atom. The van der Waals surface area contributed by atoms with Crippen molar-refractivity contribution in [2.45, 2.75) is 59.9 Å². The van der Waals surface area contributed by atoms with Gasteiger partial charge in [-0.05, 0) is 193 Å². The van der Waals surface area contributed by atoms with Gasteiger partial charge in [-0.15, -0.1) is 0 Å². The maximum atomic E-state index is 6.38. The first-order valence-corrected chi connectivity index (χ1v) is 18.5. The molecule has 0 aliphatic heterocycles. The van der Waals surface area contributed by atoms with Crippen LogP contribution in [0.15, 0.2) is 109 Å². The van der Waals surface area contributed by atoms with Crippen LogP contribution in [0.1, 0.15) is 54.2 Å². The molecule has 0 aliphatic rings. The number of rotatable bonds is 12. The topological polar surface area (TPSA) is 27.7 Å². The number of ether oxygens (including phenoxy) is 3. The molecule has 0 amide bonds. The van der Waals surface area contributed by atoms with Gasteiger partial charge >= 0.3 is 0 Å². The summed E-state index contributed by atoms with van der Waals surface area (Å²) in [6.45, 7) is 8.26. The maximum Gasteiger partial charge on any atom is 0.119 e. The fourth-order valence-corrected chi connectivity index (χ4v) is 6.42. The van der Waals surface area contributed by atoms with E-state index in [0.717, 1.165) is 36.5 Å². The quantitative estimate of drug-likeness (QED) is 0.117. The Morgan fingerprint density at radius 2 is 0.578 bits per heavy atom. The summed E-state index contributed by atoms with van der Waals surface area (Å²) in [7, 11) is 0. The van der Waals surface area contributed by atoms with Gasteiger partial charge in [0.15, 0.2) is 0 Å². The van der Waals surface area contributed by atoms with Gasteiger partial charge in [0.25, 0.3) is 0 Å². The Morgan fingerprint density at radius 3 is 0.778 bits per heavy atom. The Balaban J connectivity index is 0.000000687. The molecule has 0 saturated heterocycles. The third kappa shape index (κ3) is 10.6. The lowest BCUT2D eigenvalue weighted by Gasteiger charge is -2.26. The molecule has 45 heavy (non-hydrogen) atoms. The molecular formula is C39H39I3O3. The van der Waals surface area contributed by atoms with Gasteiger partial charge in [0, 0.05) is 10.7 Å². The van der Waals surface area contributed by atoms with Crippen LogP contribution in [0.25, 0.3) is 0 Å². The molecule has 0 unspecified atom stereocenters. The van der Waals surface area contributed by atoms with Gasteiger partial charge in [-0.3, -0.25) is 0 Å². The molecule has 0 N–H and O–H groups in total. The van der Waals surface area contributed by atoms with Crippen molar-refractivity contribution in [1.82, 2.24) is 0 Å². The van der Waals surface area contributed by atoms with Crippen molar-refractivity contribution in [2.24, 2.45) is 0 Å². The zero-order chi connectivity index (χ0) is 32.0. The lowest BCUT2D eigenvalue weighted by Crippen LogP contribution is -2.17. The van der Waals surface area contributed by atoms with E-state index in [-0.39, 0.29) is 0 Å². The van der Waals surface area contributed by atoms with Gasteiger partial charge < -0.3 is 14.2 Å². The molecule has 0 spiro atoms. The molecule has 6 heteroatoms. The molecule has 0 saturated carbocycles. The monoisotopic (exact) mass is 936 g/mol. The fraction of sp³-hybridized carbons (Fsp3) is 0.231. The average Bonchev–Trinajstić information content (AvgIpc) is 3.08. The van der Waals surface area contributed by atoms with Crippen molar-refractivity contribution in [1.29, 1.82) is 0 Å². The highest BCUT2D eigenvalue weighted by atomic mass is 127. The highest BCUT2D eigenvalue weighted by Gasteiger charge is 2.23. The summed E-state index contributed by atoms with van der Waals surface area (Å²) in [5, 5.41) is 0. The van der Waals surface area contributed by atoms with Crippen LogP contribution >= 0.6 is 67.8 Å². The number of hydrogen-bond donors (Lipinski definition) is 0. The van der Waals surface area contributed by atoms with Crippen LogP contribution in [-0.2, 0) is 39.1 Å². The highest BCUT2D eigenvalue weighted by Crippen LogP contribution is 2.33. The minimum Gasteiger partial charge on any atom is -0.489 e. The summed E-state index contributed by atoms with van der Waals surface area (Å²) in [4.78, 5) is 0. The maximum absolute atomic E-state index is 6.38. The van der Waals surface area contributed by atoms with Crippen molar-refractivity contribution in [3.8, 4) is 17.2 Å². The molecule has 5 aromatic carbocycles. The molecule has 5 rings (SSSR count). The smallest absolute Gasteiger partial charge is 0.119 e. The number of benzene rings is 5. The molecule has 234 valence electrons. The lowest BCUT2D eigenvalue weighted by atomic mass is 9.84. The van der Waals surface area contributed by atoms with E-state index in [1.807, 2.05) is 72.8 Å². The minimum atomic E-state index is 0.518. The molecule has 0 aliphatic carbocycles. The third-order valence-electron chi connectivity index (χ3n) is 7.50. The number of halogens is 3. The van der Waals surface area contributed by atoms with Crippen molar-refractivity contribution < 1.29 is 14.2 Å². The van der Waals surface area contributed by atoms with E-state index in [1.54, 1.807) is 0 Å². The van der Waals surface area contributed by atoms with E-state index < -0.39 is 0 Å². The summed E-state index contributed by atoms with van der Waals surface area (Å²) in [6, 6.07) is 36.7. The molecule has 0 aromatic heterocycles. The van der Waals surface area contributed by atoms with Crippen molar-refractivity contribution in [2.75, 3.05) is 0 Å². The average molecular weight is 936 g/mol. The van der Waals surface area contributed by atoms with E-state index in [2.05, 4.69) is 125 Å². The second-order valence-corrected chi connectivity index (χ2v) is 14.1. The van der Waals surface area contributed by atoms with Gasteiger partial charge in [0.05, 0.1) is 0 Å². The Kier molecular flexibility index (Phi) is 14.8. The van der Waals surface area contributed by atoms with Gasteiger partial charge in [-0.2, -0.15) is 0 Å². The van der Waals surface area contributed by atoms with Crippen molar-refractivity contribution >= 4 is 67.8 Å². The summed E-state index contributed by atoms with van der Waals surface area (Å²) < 4.78 is 22.7. The van der Waals surface area contributed by atoms with Crippen LogP contribution in [0.3, 0.4) is 0 Å². The van der Waals surface area contributed by atoms with E-state index in [4.69, 9.17) is 14.2 Å². The zero-order valence-electron chi connectivity index (χ0n) is 26.0. The normalized spacial score (nSPS) is 10.5. The van der Waals surface area contributed by atoms with Gasteiger partial charge in [-0.1, -0.05) is 57.2 Å². The SMILES string of the molecule is CCc1c(COc2ccc(I)cc2)c(CC)c(COc2ccc(I)cc2)c(CC)c1COc1ccc(I)cc1.c1ccccc1. The Bertz CT molecular complexity index is 1380. The van der Waals surface area contributed by atoms with Crippen LogP contribution in [0, 0.1) is 10.7 Å². The summed E-state index contributed by atoms with van der Waals surface area (Å²) in [5.41, 5.74) is 7.78. The number of hydrogen-bond acceptors (Lipinski definition) is 3. The van der Waals surface area contributed by atoms with Crippen LogP contribution in [0.2, 0.25) is 0 Å². The van der Waals surface area contributed by atoms with Crippen LogP contribution < -0.4 is 14.2 Å². The molecule has 0 atom stereocenters. The Hall–Kier alpha value is -2.31. The molecule has 0 heterocycles. The first-order chi connectivity index (χ1) is 21.9. The summed E-state index contributed by atoms with van der Waals surface area (Å²) >= 11 is 6.97. The van der Waals surface area contributed by atoms with Gasteiger partial charge in [-0.25, -0.2) is 0 Å². The second kappa shape index (κ2) is 18.7. The molecule has 0 radical (unpaired) electrons. The van der Waals surface area contributed by atoms with Gasteiger partial charge in [0.2, 0.25) is 0 Å². The standard InChI is InChI=1S/C33H33I3O3.C6H6/c1-4-28-31(19-37-25-13-7-22(34)8-14-25)29(5-2)33(21-39-27-17-11-24(36)12-18-27)30(6-3)32(28)20-38-26-15-9-23(35)10-16-26;1-2-4-6-5-3-1/h7-18H,4-6,19-21H2,1-3H3;1-6H. The van der Waals surface area contributed by atoms with Crippen molar-refractivity contribution in [3.63, 3.8) is 0 Å². The Labute approximate surface area is 309 Å². The summed E-state index contributed by atoms with van der Waals surface area (Å²) in [6.07, 6.45) is 2.74. The van der Waals surface area contributed by atoms with E-state index >= 15 is 0 Å². The van der Waals surface area contributed by atoms with E-state index in [0.29, 0.717) is 19.8 Å². The second-order valence-electron chi connectivity index (χ2n) is 10.3. The van der Waals surface area contributed by atoms with Crippen LogP contribution in [-0.4, -0.2) is 0 Å². The third-order valence-corrected chi connectivity index (χ3v) is 9.66. The molecule has 3 nitrogen and oxygen atoms in total. The first-order valence-electron chi connectivity index (χ1n) is 15.3. The highest BCUT2D eigenvalue weighted by molar-refractivity contribution is 14.1. The molecule has 0 fully saturated rings. The predicted octanol–water partition coefficient (Wildman–Crippen LogP) is 11.6. The lowest BCUT2D eigenvalue weighted by molar-refractivity contribution is 0.288. The zero-order valence-corrected chi connectivity index (χ0v) is 32.5. The molecular weight excluding hydrogens is 897 g/mol. The van der Waals surface area contributed by atoms with E-state index in [9.17, 15) is 0 Å². The predicted molar refractivity (Wildman–Crippen MR) is 211 cm³/mol. The molecule has 5 aromatic rings. The van der Waals surface area contributed by atoms with Crippen LogP contribution in [0.5, 0.6) is 17.2 Å². The van der Waals surface area contributed by atoms with Gasteiger partial charge in [0.1, 0.15) is 37.1 Å². The van der Waals surface area contributed by atoms with Crippen LogP contribution in [0.4, 0.5) is 0 Å². The fourth-order valence-electron chi connectivity index (χ4n) is 5.34. The first kappa shape index (κ1) is 35.5. The largest absolute Gasteiger partial charge is 0.489 e. The minimum absolute atomic E-state index is 0.518. The summed E-state index contributed by atoms with van der Waals surface area (Å²) in [5.74, 6) is 2.65.